The Kier molecular flexibility index (Phi) is 6.62. The Balaban J connectivity index is 1.45. The van der Waals surface area contributed by atoms with Crippen LogP contribution in [0.1, 0.15) is 18.1 Å². The first-order valence-corrected chi connectivity index (χ1v) is 9.44. The Morgan fingerprint density at radius 2 is 2.04 bits per heavy atom. The molecule has 146 valence electrons. The number of anilines is 1. The molecule has 0 aliphatic carbocycles. The van der Waals surface area contributed by atoms with Gasteiger partial charge in [-0.1, -0.05) is 12.1 Å². The molecular formula is C21H26N6O. The van der Waals surface area contributed by atoms with Gasteiger partial charge >= 0.3 is 6.03 Å². The third-order valence-electron chi connectivity index (χ3n) is 4.42. The smallest absolute Gasteiger partial charge is 0.315 e. The topological polar surface area (TPSA) is 75.1 Å². The Morgan fingerprint density at radius 3 is 2.79 bits per heavy atom. The summed E-state index contributed by atoms with van der Waals surface area (Å²) in [6.07, 6.45) is 5.25. The minimum absolute atomic E-state index is 0.183. The number of urea groups is 1. The van der Waals surface area contributed by atoms with Crippen molar-refractivity contribution < 1.29 is 4.79 Å². The van der Waals surface area contributed by atoms with Crippen LogP contribution in [0.15, 0.2) is 61.1 Å². The standard InChI is InChI=1S/C21H26N6O/c1-3-26(19-7-4-6-17(2)14-19)13-11-23-21(28)24-16-18-8-10-22-20(15-18)27-12-5-9-25-27/h4-10,12,14-15H,3,11,13,16H2,1-2H3,(H2,23,24,28). The normalized spacial score (nSPS) is 10.5. The van der Waals surface area contributed by atoms with Crippen LogP contribution in [0.4, 0.5) is 10.5 Å². The molecule has 2 aromatic heterocycles. The maximum atomic E-state index is 12.1. The number of nitrogens with one attached hydrogen (secondary N) is 2. The number of carbonyl (C=O) groups is 1. The lowest BCUT2D eigenvalue weighted by molar-refractivity contribution is 0.240. The molecular weight excluding hydrogens is 352 g/mol. The van der Waals surface area contributed by atoms with Crippen molar-refractivity contribution in [2.75, 3.05) is 24.5 Å². The van der Waals surface area contributed by atoms with Gasteiger partial charge in [0.2, 0.25) is 0 Å². The first-order chi connectivity index (χ1) is 13.7. The maximum Gasteiger partial charge on any atom is 0.315 e. The average Bonchev–Trinajstić information content (AvgIpc) is 3.25. The van der Waals surface area contributed by atoms with Gasteiger partial charge in [-0.05, 0) is 55.3 Å². The van der Waals surface area contributed by atoms with Crippen LogP contribution in [0.25, 0.3) is 5.82 Å². The number of aromatic nitrogens is 3. The molecule has 0 spiro atoms. The van der Waals surface area contributed by atoms with Gasteiger partial charge in [0.25, 0.3) is 0 Å². The molecule has 0 fully saturated rings. The second-order valence-electron chi connectivity index (χ2n) is 6.50. The number of carbonyl (C=O) groups excluding carboxylic acids is 1. The molecule has 0 atom stereocenters. The van der Waals surface area contributed by atoms with Gasteiger partial charge in [-0.3, -0.25) is 0 Å². The van der Waals surface area contributed by atoms with Crippen LogP contribution >= 0.6 is 0 Å². The van der Waals surface area contributed by atoms with Crippen molar-refractivity contribution in [3.8, 4) is 5.82 Å². The van der Waals surface area contributed by atoms with Crippen molar-refractivity contribution in [1.82, 2.24) is 25.4 Å². The van der Waals surface area contributed by atoms with Crippen LogP contribution in [0, 0.1) is 6.92 Å². The molecule has 0 aliphatic heterocycles. The Labute approximate surface area is 165 Å². The average molecular weight is 378 g/mol. The minimum atomic E-state index is -0.183. The van der Waals surface area contributed by atoms with Crippen LogP contribution in [0.5, 0.6) is 0 Å². The highest BCUT2D eigenvalue weighted by atomic mass is 16.2. The molecule has 1 aromatic carbocycles. The van der Waals surface area contributed by atoms with Crippen LogP contribution in [-0.4, -0.2) is 40.4 Å². The van der Waals surface area contributed by atoms with Gasteiger partial charge in [-0.2, -0.15) is 5.10 Å². The lowest BCUT2D eigenvalue weighted by Crippen LogP contribution is -2.40. The van der Waals surface area contributed by atoms with Crippen molar-refractivity contribution in [3.63, 3.8) is 0 Å². The lowest BCUT2D eigenvalue weighted by Gasteiger charge is -2.23. The van der Waals surface area contributed by atoms with Gasteiger partial charge in [0.05, 0.1) is 0 Å². The number of pyridine rings is 1. The van der Waals surface area contributed by atoms with E-state index in [2.05, 4.69) is 63.7 Å². The summed E-state index contributed by atoms with van der Waals surface area (Å²) in [5, 5.41) is 9.97. The summed E-state index contributed by atoms with van der Waals surface area (Å²) in [5.74, 6) is 0.724. The summed E-state index contributed by atoms with van der Waals surface area (Å²) in [5.41, 5.74) is 3.37. The third kappa shape index (κ3) is 5.33. The predicted molar refractivity (Wildman–Crippen MR) is 111 cm³/mol. The second-order valence-corrected chi connectivity index (χ2v) is 6.50. The van der Waals surface area contributed by atoms with E-state index in [-0.39, 0.29) is 6.03 Å². The molecule has 0 bridgehead atoms. The SMILES string of the molecule is CCN(CCNC(=O)NCc1ccnc(-n2cccn2)c1)c1cccc(C)c1. The fraction of sp³-hybridized carbons (Fsp3) is 0.286. The summed E-state index contributed by atoms with van der Waals surface area (Å²) in [6, 6.07) is 13.8. The van der Waals surface area contributed by atoms with Crippen LogP contribution < -0.4 is 15.5 Å². The monoisotopic (exact) mass is 378 g/mol. The maximum absolute atomic E-state index is 12.1. The van der Waals surface area contributed by atoms with E-state index in [0.717, 1.165) is 24.5 Å². The second kappa shape index (κ2) is 9.55. The largest absolute Gasteiger partial charge is 0.370 e. The van der Waals surface area contributed by atoms with Gasteiger partial charge in [-0.25, -0.2) is 14.5 Å². The van der Waals surface area contributed by atoms with Gasteiger partial charge in [0, 0.05) is 50.5 Å². The number of nitrogens with zero attached hydrogens (tertiary/aromatic N) is 4. The zero-order valence-electron chi connectivity index (χ0n) is 16.3. The summed E-state index contributed by atoms with van der Waals surface area (Å²) < 4.78 is 1.69. The zero-order valence-corrected chi connectivity index (χ0v) is 16.3. The highest BCUT2D eigenvalue weighted by Crippen LogP contribution is 2.15. The molecule has 2 N–H and O–H groups in total. The molecule has 3 rings (SSSR count). The first kappa shape index (κ1) is 19.4. The number of rotatable bonds is 8. The number of hydrogen-bond acceptors (Lipinski definition) is 4. The molecule has 7 heteroatoms. The Bertz CT molecular complexity index is 893. The summed E-state index contributed by atoms with van der Waals surface area (Å²) >= 11 is 0. The van der Waals surface area contributed by atoms with Crippen molar-refractivity contribution >= 4 is 11.7 Å². The van der Waals surface area contributed by atoms with E-state index in [0.29, 0.717) is 13.1 Å². The molecule has 7 nitrogen and oxygen atoms in total. The van der Waals surface area contributed by atoms with E-state index in [1.165, 1.54) is 11.3 Å². The van der Waals surface area contributed by atoms with Gasteiger partial charge in [0.15, 0.2) is 5.82 Å². The van der Waals surface area contributed by atoms with E-state index in [1.54, 1.807) is 17.1 Å². The number of likely N-dealkylation sites (N-methyl/N-ethyl adjacent to an activating group) is 1. The predicted octanol–water partition coefficient (Wildman–Crippen LogP) is 2.90. The molecule has 3 aromatic rings. The third-order valence-corrected chi connectivity index (χ3v) is 4.42. The zero-order chi connectivity index (χ0) is 19.8. The lowest BCUT2D eigenvalue weighted by atomic mass is 10.2. The fourth-order valence-electron chi connectivity index (χ4n) is 2.94. The van der Waals surface area contributed by atoms with Crippen LogP contribution in [0.3, 0.4) is 0 Å². The molecule has 2 heterocycles. The first-order valence-electron chi connectivity index (χ1n) is 9.44. The highest BCUT2D eigenvalue weighted by molar-refractivity contribution is 5.73. The molecule has 0 saturated carbocycles. The molecule has 0 radical (unpaired) electrons. The van der Waals surface area contributed by atoms with E-state index < -0.39 is 0 Å². The van der Waals surface area contributed by atoms with Crippen molar-refractivity contribution in [1.29, 1.82) is 0 Å². The molecule has 0 saturated heterocycles. The quantitative estimate of drug-likeness (QED) is 0.632. The number of benzene rings is 1. The number of amides is 2. The summed E-state index contributed by atoms with van der Waals surface area (Å²) in [6.45, 7) is 6.84. The Hall–Kier alpha value is -3.35. The summed E-state index contributed by atoms with van der Waals surface area (Å²) in [4.78, 5) is 18.6. The van der Waals surface area contributed by atoms with Gasteiger partial charge in [0.1, 0.15) is 0 Å². The van der Waals surface area contributed by atoms with E-state index in [9.17, 15) is 4.79 Å². The van der Waals surface area contributed by atoms with Crippen molar-refractivity contribution in [3.05, 3.63) is 72.2 Å². The van der Waals surface area contributed by atoms with Crippen molar-refractivity contribution in [2.24, 2.45) is 0 Å². The molecule has 0 unspecified atom stereocenters. The van der Waals surface area contributed by atoms with Crippen molar-refractivity contribution in [2.45, 2.75) is 20.4 Å². The highest BCUT2D eigenvalue weighted by Gasteiger charge is 2.06. The van der Waals surface area contributed by atoms with E-state index >= 15 is 0 Å². The molecule has 28 heavy (non-hydrogen) atoms. The number of hydrogen-bond donors (Lipinski definition) is 2. The van der Waals surface area contributed by atoms with Crippen LogP contribution in [0.2, 0.25) is 0 Å². The van der Waals surface area contributed by atoms with Crippen LogP contribution in [-0.2, 0) is 6.54 Å². The van der Waals surface area contributed by atoms with E-state index in [4.69, 9.17) is 0 Å². The molecule has 2 amide bonds. The summed E-state index contributed by atoms with van der Waals surface area (Å²) in [7, 11) is 0. The minimum Gasteiger partial charge on any atom is -0.370 e. The fourth-order valence-corrected chi connectivity index (χ4v) is 2.94. The van der Waals surface area contributed by atoms with Gasteiger partial charge in [-0.15, -0.1) is 0 Å². The number of aryl methyl sites for hydroxylation is 1. The van der Waals surface area contributed by atoms with Gasteiger partial charge < -0.3 is 15.5 Å². The van der Waals surface area contributed by atoms with E-state index in [1.807, 2.05) is 24.4 Å². The molecule has 0 aliphatic rings. The Morgan fingerprint density at radius 1 is 1.14 bits per heavy atom.